The second kappa shape index (κ2) is 4.55. The number of carbonyl (C=O) groups excluding carboxylic acids is 1. The van der Waals surface area contributed by atoms with Crippen LogP contribution >= 0.6 is 0 Å². The first-order valence-electron chi connectivity index (χ1n) is 4.35. The number of aliphatic hydroxyl groups excluding tert-OH is 3. The summed E-state index contributed by atoms with van der Waals surface area (Å²) in [4.78, 5) is 12.7. The molecule has 2 unspecified atom stereocenters. The molecule has 0 aromatic heterocycles. The van der Waals surface area contributed by atoms with Gasteiger partial charge in [0.2, 0.25) is 5.91 Å². The number of likely N-dealkylation sites (tertiary alicyclic amines) is 1. The Kier molecular flexibility index (Phi) is 3.65. The Bertz CT molecular complexity index is 185. The summed E-state index contributed by atoms with van der Waals surface area (Å²) in [6.07, 6.45) is -0.532. The van der Waals surface area contributed by atoms with Gasteiger partial charge in [0.15, 0.2) is 0 Å². The van der Waals surface area contributed by atoms with Gasteiger partial charge in [-0.05, 0) is 0 Å². The molecule has 1 fully saturated rings. The SMILES string of the molecule is O=C1CC(CO)CN1CC(O)CO. The van der Waals surface area contributed by atoms with Crippen LogP contribution in [0.2, 0.25) is 0 Å². The standard InChI is InChI=1S/C8H15NO4/c10-4-6-1-8(13)9(2-6)3-7(12)5-11/h6-7,10-12H,1-5H2. The van der Waals surface area contributed by atoms with E-state index in [2.05, 4.69) is 0 Å². The third-order valence-corrected chi connectivity index (χ3v) is 2.19. The average molecular weight is 189 g/mol. The van der Waals surface area contributed by atoms with Crippen LogP contribution in [0.15, 0.2) is 0 Å². The molecule has 1 rings (SSSR count). The summed E-state index contributed by atoms with van der Waals surface area (Å²) >= 11 is 0. The van der Waals surface area contributed by atoms with Crippen LogP contribution in [0, 0.1) is 5.92 Å². The van der Waals surface area contributed by atoms with E-state index in [0.717, 1.165) is 0 Å². The molecule has 0 spiro atoms. The number of aliphatic hydroxyl groups is 3. The molecule has 1 amide bonds. The summed E-state index contributed by atoms with van der Waals surface area (Å²) in [7, 11) is 0. The minimum absolute atomic E-state index is 0.00252. The van der Waals surface area contributed by atoms with Crippen molar-refractivity contribution in [2.45, 2.75) is 12.5 Å². The Morgan fingerprint density at radius 2 is 2.23 bits per heavy atom. The van der Waals surface area contributed by atoms with Gasteiger partial charge in [0.25, 0.3) is 0 Å². The van der Waals surface area contributed by atoms with Gasteiger partial charge < -0.3 is 20.2 Å². The van der Waals surface area contributed by atoms with Crippen molar-refractivity contribution in [3.8, 4) is 0 Å². The number of amides is 1. The van der Waals surface area contributed by atoms with Crippen LogP contribution in [0.5, 0.6) is 0 Å². The molecule has 13 heavy (non-hydrogen) atoms. The monoisotopic (exact) mass is 189 g/mol. The molecule has 0 bridgehead atoms. The molecule has 3 N–H and O–H groups in total. The predicted molar refractivity (Wildman–Crippen MR) is 44.9 cm³/mol. The maximum atomic E-state index is 11.2. The van der Waals surface area contributed by atoms with Crippen molar-refractivity contribution in [2.75, 3.05) is 26.3 Å². The lowest BCUT2D eigenvalue weighted by Gasteiger charge is -2.18. The molecule has 0 aliphatic carbocycles. The highest BCUT2D eigenvalue weighted by Gasteiger charge is 2.29. The van der Waals surface area contributed by atoms with E-state index in [0.29, 0.717) is 13.0 Å². The fraction of sp³-hybridized carbons (Fsp3) is 0.875. The molecule has 0 aromatic carbocycles. The molecule has 2 atom stereocenters. The summed E-state index contributed by atoms with van der Waals surface area (Å²) in [6, 6.07) is 0. The number of hydrogen-bond donors (Lipinski definition) is 3. The summed E-state index contributed by atoms with van der Waals surface area (Å²) in [5.74, 6) is -0.0788. The lowest BCUT2D eigenvalue weighted by Crippen LogP contribution is -2.35. The Hall–Kier alpha value is -0.650. The minimum Gasteiger partial charge on any atom is -0.396 e. The fourth-order valence-electron chi connectivity index (χ4n) is 1.46. The van der Waals surface area contributed by atoms with Gasteiger partial charge in [-0.25, -0.2) is 0 Å². The number of hydrogen-bond acceptors (Lipinski definition) is 4. The van der Waals surface area contributed by atoms with Crippen LogP contribution in [0.4, 0.5) is 0 Å². The molecular weight excluding hydrogens is 174 g/mol. The van der Waals surface area contributed by atoms with Crippen LogP contribution in [0.25, 0.3) is 0 Å². The van der Waals surface area contributed by atoms with E-state index in [1.807, 2.05) is 0 Å². The molecular formula is C8H15NO4. The molecule has 0 radical (unpaired) electrons. The summed E-state index contributed by atoms with van der Waals surface area (Å²) in [5.41, 5.74) is 0. The topological polar surface area (TPSA) is 81.0 Å². The number of rotatable bonds is 4. The normalized spacial score (nSPS) is 25.3. The van der Waals surface area contributed by atoms with Gasteiger partial charge in [-0.1, -0.05) is 0 Å². The van der Waals surface area contributed by atoms with Crippen LogP contribution < -0.4 is 0 Å². The fourth-order valence-corrected chi connectivity index (χ4v) is 1.46. The minimum atomic E-state index is -0.874. The number of carbonyl (C=O) groups is 1. The van der Waals surface area contributed by atoms with Gasteiger partial charge in [-0.2, -0.15) is 0 Å². The van der Waals surface area contributed by atoms with Crippen molar-refractivity contribution in [3.63, 3.8) is 0 Å². The maximum absolute atomic E-state index is 11.2. The van der Waals surface area contributed by atoms with E-state index in [1.54, 1.807) is 0 Å². The Balaban J connectivity index is 2.39. The zero-order valence-corrected chi connectivity index (χ0v) is 7.39. The second-order valence-electron chi connectivity index (χ2n) is 3.39. The Labute approximate surface area is 76.6 Å². The average Bonchev–Trinajstić information content (AvgIpc) is 2.47. The van der Waals surface area contributed by atoms with Gasteiger partial charge in [-0.15, -0.1) is 0 Å². The lowest BCUT2D eigenvalue weighted by atomic mass is 10.1. The molecule has 1 aliphatic rings. The van der Waals surface area contributed by atoms with Crippen molar-refractivity contribution >= 4 is 5.91 Å². The highest BCUT2D eigenvalue weighted by atomic mass is 16.3. The zero-order valence-electron chi connectivity index (χ0n) is 7.39. The maximum Gasteiger partial charge on any atom is 0.223 e. The predicted octanol–water partition coefficient (Wildman–Crippen LogP) is -1.82. The summed E-state index contributed by atoms with van der Waals surface area (Å²) in [5, 5.41) is 26.5. The molecule has 76 valence electrons. The largest absolute Gasteiger partial charge is 0.396 e. The highest BCUT2D eigenvalue weighted by molar-refractivity contribution is 5.78. The molecule has 0 saturated carbocycles. The van der Waals surface area contributed by atoms with Gasteiger partial charge in [0.05, 0.1) is 12.7 Å². The Morgan fingerprint density at radius 1 is 1.54 bits per heavy atom. The van der Waals surface area contributed by atoms with Gasteiger partial charge in [0.1, 0.15) is 0 Å². The molecule has 5 heteroatoms. The van der Waals surface area contributed by atoms with E-state index >= 15 is 0 Å². The van der Waals surface area contributed by atoms with E-state index in [1.165, 1.54) is 4.90 Å². The third-order valence-electron chi connectivity index (χ3n) is 2.19. The third kappa shape index (κ3) is 2.65. The smallest absolute Gasteiger partial charge is 0.223 e. The zero-order chi connectivity index (χ0) is 9.84. The molecule has 0 aromatic rings. The molecule has 1 saturated heterocycles. The summed E-state index contributed by atoms with van der Waals surface area (Å²) < 4.78 is 0. The second-order valence-corrected chi connectivity index (χ2v) is 3.39. The van der Waals surface area contributed by atoms with Crippen molar-refractivity contribution in [1.29, 1.82) is 0 Å². The lowest BCUT2D eigenvalue weighted by molar-refractivity contribution is -0.129. The van der Waals surface area contributed by atoms with Crippen molar-refractivity contribution < 1.29 is 20.1 Å². The van der Waals surface area contributed by atoms with Crippen LogP contribution in [0.1, 0.15) is 6.42 Å². The van der Waals surface area contributed by atoms with Crippen molar-refractivity contribution in [2.24, 2.45) is 5.92 Å². The first-order chi connectivity index (χ1) is 6.17. The summed E-state index contributed by atoms with van der Waals surface area (Å²) in [6.45, 7) is 0.295. The first kappa shape index (κ1) is 10.4. The number of β-amino-alcohol motifs (C(OH)–C–C–N with tert-alkyl or cyclic N) is 1. The van der Waals surface area contributed by atoms with E-state index < -0.39 is 6.10 Å². The van der Waals surface area contributed by atoms with Crippen molar-refractivity contribution in [1.82, 2.24) is 4.90 Å². The van der Waals surface area contributed by atoms with E-state index in [9.17, 15) is 4.79 Å². The molecule has 1 heterocycles. The number of nitrogens with zero attached hydrogens (tertiary/aromatic N) is 1. The molecule has 5 nitrogen and oxygen atoms in total. The van der Waals surface area contributed by atoms with Crippen LogP contribution in [-0.4, -0.2) is 58.5 Å². The van der Waals surface area contributed by atoms with Crippen LogP contribution in [0.3, 0.4) is 0 Å². The highest BCUT2D eigenvalue weighted by Crippen LogP contribution is 2.16. The van der Waals surface area contributed by atoms with Gasteiger partial charge in [0, 0.05) is 32.0 Å². The first-order valence-corrected chi connectivity index (χ1v) is 4.35. The quantitative estimate of drug-likeness (QED) is 0.486. The Morgan fingerprint density at radius 3 is 2.69 bits per heavy atom. The van der Waals surface area contributed by atoms with Crippen molar-refractivity contribution in [3.05, 3.63) is 0 Å². The van der Waals surface area contributed by atoms with E-state index in [-0.39, 0.29) is 31.6 Å². The van der Waals surface area contributed by atoms with Gasteiger partial charge >= 0.3 is 0 Å². The van der Waals surface area contributed by atoms with Crippen LogP contribution in [-0.2, 0) is 4.79 Å². The van der Waals surface area contributed by atoms with E-state index in [4.69, 9.17) is 15.3 Å². The molecule has 1 aliphatic heterocycles. The van der Waals surface area contributed by atoms with Gasteiger partial charge in [-0.3, -0.25) is 4.79 Å².